The van der Waals surface area contributed by atoms with Crippen LogP contribution in [-0.4, -0.2) is 44.5 Å². The summed E-state index contributed by atoms with van der Waals surface area (Å²) in [6, 6.07) is 4.47. The molecule has 1 aliphatic heterocycles. The summed E-state index contributed by atoms with van der Waals surface area (Å²) in [5.41, 5.74) is 2.16. The van der Waals surface area contributed by atoms with E-state index < -0.39 is 0 Å². The van der Waals surface area contributed by atoms with Gasteiger partial charge in [0.1, 0.15) is 0 Å². The van der Waals surface area contributed by atoms with Crippen LogP contribution in [0.1, 0.15) is 37.8 Å². The number of ketones is 1. The second-order valence-corrected chi connectivity index (χ2v) is 6.32. The van der Waals surface area contributed by atoms with Crippen molar-refractivity contribution in [2.45, 2.75) is 45.1 Å². The van der Waals surface area contributed by atoms with Crippen LogP contribution in [0.15, 0.2) is 24.3 Å². The first kappa shape index (κ1) is 18.5. The lowest BCUT2D eigenvalue weighted by atomic mass is 9.69. The summed E-state index contributed by atoms with van der Waals surface area (Å²) < 4.78 is 11.0. The number of likely N-dealkylation sites (N-methyl/N-ethyl adjacent to an activating group) is 1. The Kier molecular flexibility index (Phi) is 5.70. The smallest absolute Gasteiger partial charge is 0.163 e. The van der Waals surface area contributed by atoms with Crippen molar-refractivity contribution in [3.05, 3.63) is 35.4 Å². The van der Waals surface area contributed by atoms with Gasteiger partial charge in [-0.25, -0.2) is 0 Å². The van der Waals surface area contributed by atoms with Gasteiger partial charge in [0.05, 0.1) is 14.2 Å². The van der Waals surface area contributed by atoms with Gasteiger partial charge in [-0.1, -0.05) is 26.0 Å². The third-order valence-corrected chi connectivity index (χ3v) is 5.17. The SMILES string of the molecule is CC.COc1cc([C@@]23C=CC(=O)CC2N(C)CC3)cc(C)c1OC. The summed E-state index contributed by atoms with van der Waals surface area (Å²) in [6.45, 7) is 7.03. The average Bonchev–Trinajstić information content (AvgIpc) is 2.93. The Bertz CT molecular complexity index is 638. The fraction of sp³-hybridized carbons (Fsp3) is 0.550. The van der Waals surface area contributed by atoms with Gasteiger partial charge in [0.2, 0.25) is 0 Å². The number of ether oxygens (including phenoxy) is 2. The second-order valence-electron chi connectivity index (χ2n) is 6.32. The molecule has 3 rings (SSSR count). The van der Waals surface area contributed by atoms with E-state index in [1.54, 1.807) is 20.3 Å². The molecule has 0 N–H and O–H groups in total. The highest BCUT2D eigenvalue weighted by molar-refractivity contribution is 5.92. The molecule has 1 aromatic rings. The number of methoxy groups -OCH3 is 2. The van der Waals surface area contributed by atoms with Gasteiger partial charge in [-0.05, 0) is 50.2 Å². The summed E-state index contributed by atoms with van der Waals surface area (Å²) in [5.74, 6) is 1.75. The molecular formula is C20H29NO3. The number of aryl methyl sites for hydroxylation is 1. The number of carbonyl (C=O) groups excluding carboxylic acids is 1. The summed E-state index contributed by atoms with van der Waals surface area (Å²) >= 11 is 0. The second kappa shape index (κ2) is 7.39. The van der Waals surface area contributed by atoms with E-state index in [0.29, 0.717) is 6.42 Å². The van der Waals surface area contributed by atoms with Gasteiger partial charge in [0, 0.05) is 17.9 Å². The minimum atomic E-state index is -0.104. The number of rotatable bonds is 3. The highest BCUT2D eigenvalue weighted by Crippen LogP contribution is 2.47. The molecule has 1 heterocycles. The summed E-state index contributed by atoms with van der Waals surface area (Å²) in [6.07, 6.45) is 5.46. The maximum atomic E-state index is 11.9. The standard InChI is InChI=1S/C18H23NO3.C2H6/c1-12-9-13(10-15(21-3)17(12)22-4)18-6-5-14(20)11-16(18)19(2)8-7-18;1-2/h5-6,9-10,16H,7-8,11H2,1-4H3;1-2H3/t16?,18-;/m0./s1. The van der Waals surface area contributed by atoms with Crippen molar-refractivity contribution in [1.29, 1.82) is 0 Å². The number of benzene rings is 1. The molecule has 0 saturated carbocycles. The van der Waals surface area contributed by atoms with Crippen molar-refractivity contribution in [3.8, 4) is 11.5 Å². The third kappa shape index (κ3) is 2.95. The first-order valence-electron chi connectivity index (χ1n) is 8.67. The van der Waals surface area contributed by atoms with E-state index in [1.807, 2.05) is 20.8 Å². The number of likely N-dealkylation sites (tertiary alicyclic amines) is 1. The Hall–Kier alpha value is -1.81. The van der Waals surface area contributed by atoms with Crippen molar-refractivity contribution < 1.29 is 14.3 Å². The van der Waals surface area contributed by atoms with Gasteiger partial charge < -0.3 is 14.4 Å². The molecule has 0 radical (unpaired) electrons. The fourth-order valence-corrected chi connectivity index (χ4v) is 3.97. The molecule has 1 saturated heterocycles. The molecule has 1 aliphatic carbocycles. The van der Waals surface area contributed by atoms with E-state index in [0.717, 1.165) is 30.0 Å². The molecular weight excluding hydrogens is 302 g/mol. The minimum Gasteiger partial charge on any atom is -0.493 e. The van der Waals surface area contributed by atoms with Gasteiger partial charge in [-0.15, -0.1) is 0 Å². The highest BCUT2D eigenvalue weighted by atomic mass is 16.5. The first-order valence-corrected chi connectivity index (χ1v) is 8.67. The maximum Gasteiger partial charge on any atom is 0.163 e. The molecule has 132 valence electrons. The maximum absolute atomic E-state index is 11.9. The predicted molar refractivity (Wildman–Crippen MR) is 97.1 cm³/mol. The van der Waals surface area contributed by atoms with Crippen LogP contribution in [0.4, 0.5) is 0 Å². The first-order chi connectivity index (χ1) is 11.5. The van der Waals surface area contributed by atoms with Crippen molar-refractivity contribution in [2.75, 3.05) is 27.8 Å². The quantitative estimate of drug-likeness (QED) is 0.850. The number of carbonyl (C=O) groups is 1. The van der Waals surface area contributed by atoms with Gasteiger partial charge >= 0.3 is 0 Å². The number of fused-ring (bicyclic) bond motifs is 1. The topological polar surface area (TPSA) is 38.8 Å². The number of allylic oxidation sites excluding steroid dienone is 1. The molecule has 4 heteroatoms. The largest absolute Gasteiger partial charge is 0.493 e. The third-order valence-electron chi connectivity index (χ3n) is 5.17. The molecule has 0 amide bonds. The lowest BCUT2D eigenvalue weighted by molar-refractivity contribution is -0.116. The van der Waals surface area contributed by atoms with Gasteiger partial charge in [-0.2, -0.15) is 0 Å². The summed E-state index contributed by atoms with van der Waals surface area (Å²) in [5, 5.41) is 0. The van der Waals surface area contributed by atoms with Crippen LogP contribution in [0.3, 0.4) is 0 Å². The molecule has 1 aromatic carbocycles. The van der Waals surface area contributed by atoms with Crippen molar-refractivity contribution in [1.82, 2.24) is 4.90 Å². The van der Waals surface area contributed by atoms with Crippen LogP contribution in [0.25, 0.3) is 0 Å². The van der Waals surface area contributed by atoms with Crippen molar-refractivity contribution >= 4 is 5.78 Å². The summed E-state index contributed by atoms with van der Waals surface area (Å²) in [7, 11) is 5.43. The number of hydrogen-bond acceptors (Lipinski definition) is 4. The van der Waals surface area contributed by atoms with E-state index in [-0.39, 0.29) is 17.2 Å². The van der Waals surface area contributed by atoms with E-state index in [2.05, 4.69) is 30.2 Å². The van der Waals surface area contributed by atoms with Crippen molar-refractivity contribution in [2.24, 2.45) is 0 Å². The van der Waals surface area contributed by atoms with Crippen LogP contribution < -0.4 is 9.47 Å². The van der Waals surface area contributed by atoms with Crippen LogP contribution in [0, 0.1) is 6.92 Å². The lowest BCUT2D eigenvalue weighted by Crippen LogP contribution is -2.43. The number of nitrogens with zero attached hydrogens (tertiary/aromatic N) is 1. The molecule has 0 spiro atoms. The molecule has 0 bridgehead atoms. The predicted octanol–water partition coefficient (Wildman–Crippen LogP) is 3.51. The minimum absolute atomic E-state index is 0.104. The van der Waals surface area contributed by atoms with Crippen LogP contribution in [0.5, 0.6) is 11.5 Å². The molecule has 2 atom stereocenters. The van der Waals surface area contributed by atoms with Crippen LogP contribution in [-0.2, 0) is 10.2 Å². The van der Waals surface area contributed by atoms with E-state index >= 15 is 0 Å². The molecule has 0 aromatic heterocycles. The molecule has 2 aliphatic rings. The zero-order chi connectivity index (χ0) is 17.9. The Balaban J connectivity index is 0.00000100. The normalized spacial score (nSPS) is 25.8. The van der Waals surface area contributed by atoms with E-state index in [1.165, 1.54) is 5.56 Å². The summed E-state index contributed by atoms with van der Waals surface area (Å²) in [4.78, 5) is 14.2. The zero-order valence-corrected chi connectivity index (χ0v) is 15.7. The zero-order valence-electron chi connectivity index (χ0n) is 15.7. The van der Waals surface area contributed by atoms with Crippen molar-refractivity contribution in [3.63, 3.8) is 0 Å². The van der Waals surface area contributed by atoms with E-state index in [9.17, 15) is 4.79 Å². The monoisotopic (exact) mass is 331 g/mol. The van der Waals surface area contributed by atoms with Gasteiger partial charge in [-0.3, -0.25) is 4.79 Å². The van der Waals surface area contributed by atoms with Crippen LogP contribution >= 0.6 is 0 Å². The van der Waals surface area contributed by atoms with Crippen LogP contribution in [0.2, 0.25) is 0 Å². The fourth-order valence-electron chi connectivity index (χ4n) is 3.97. The molecule has 4 nitrogen and oxygen atoms in total. The molecule has 1 fully saturated rings. The highest BCUT2D eigenvalue weighted by Gasteiger charge is 2.48. The van der Waals surface area contributed by atoms with Gasteiger partial charge in [0.25, 0.3) is 0 Å². The Morgan fingerprint density at radius 3 is 2.54 bits per heavy atom. The Labute approximate surface area is 145 Å². The Morgan fingerprint density at radius 2 is 1.92 bits per heavy atom. The molecule has 1 unspecified atom stereocenters. The number of hydrogen-bond donors (Lipinski definition) is 0. The van der Waals surface area contributed by atoms with E-state index in [4.69, 9.17) is 9.47 Å². The van der Waals surface area contributed by atoms with Gasteiger partial charge in [0.15, 0.2) is 17.3 Å². The average molecular weight is 331 g/mol. The lowest BCUT2D eigenvalue weighted by Gasteiger charge is -2.38. The Morgan fingerprint density at radius 1 is 1.21 bits per heavy atom. The molecule has 24 heavy (non-hydrogen) atoms.